The third-order valence-corrected chi connectivity index (χ3v) is 7.80. The maximum atomic E-state index is 13.7. The monoisotopic (exact) mass is 555 g/mol. The van der Waals surface area contributed by atoms with Crippen molar-refractivity contribution in [1.29, 1.82) is 0 Å². The minimum Gasteiger partial charge on any atom is -0.457 e. The molecule has 0 saturated heterocycles. The molecule has 2 aliphatic rings. The molecule has 0 aliphatic carbocycles. The topological polar surface area (TPSA) is 71.0 Å². The summed E-state index contributed by atoms with van der Waals surface area (Å²) in [6.45, 7) is 6.30. The van der Waals surface area contributed by atoms with Crippen LogP contribution in [0.5, 0.6) is 0 Å². The van der Waals surface area contributed by atoms with Gasteiger partial charge in [-0.1, -0.05) is 78.0 Å². The van der Waals surface area contributed by atoms with Gasteiger partial charge in [-0.15, -0.1) is 0 Å². The molecule has 1 N–H and O–H groups in total. The van der Waals surface area contributed by atoms with Crippen molar-refractivity contribution >= 4 is 28.8 Å². The fraction of sp³-hybridized carbons (Fsp3) is 0.219. The molecule has 0 spiro atoms. The van der Waals surface area contributed by atoms with E-state index in [-0.39, 0.29) is 31.3 Å². The Morgan fingerprint density at radius 3 is 2.50 bits per heavy atom. The van der Waals surface area contributed by atoms with E-state index in [1.54, 1.807) is 12.1 Å². The fourth-order valence-corrected chi connectivity index (χ4v) is 5.77. The van der Waals surface area contributed by atoms with Gasteiger partial charge in [0.1, 0.15) is 12.4 Å². The lowest BCUT2D eigenvalue weighted by Gasteiger charge is -2.37. The van der Waals surface area contributed by atoms with Crippen LogP contribution in [0.3, 0.4) is 0 Å². The standard InChI is InChI=1S/C32H30FN3O3S/c1-20-9-10-21(2)27(15-20)30-29(31(38)39-18-24-7-5-4-6-8-24)22(3)35-32-36(30)26(19-40-32)16-28(37)34-17-23-11-13-25(33)14-12-23/h4-15,19,30H,16-18H2,1-3H3,(H,34,37)/t30-/m1/s1. The van der Waals surface area contributed by atoms with Crippen LogP contribution in [0.4, 0.5) is 4.39 Å². The number of thioether (sulfide) groups is 1. The molecule has 40 heavy (non-hydrogen) atoms. The van der Waals surface area contributed by atoms with Crippen LogP contribution in [0.2, 0.25) is 0 Å². The van der Waals surface area contributed by atoms with Crippen molar-refractivity contribution in [3.8, 4) is 0 Å². The van der Waals surface area contributed by atoms with E-state index < -0.39 is 12.0 Å². The van der Waals surface area contributed by atoms with Crippen LogP contribution < -0.4 is 5.32 Å². The molecule has 8 heteroatoms. The molecule has 2 aliphatic heterocycles. The van der Waals surface area contributed by atoms with E-state index in [1.165, 1.54) is 23.9 Å². The second kappa shape index (κ2) is 11.9. The van der Waals surface area contributed by atoms with E-state index in [1.807, 2.05) is 73.5 Å². The van der Waals surface area contributed by atoms with Gasteiger partial charge in [-0.25, -0.2) is 14.2 Å². The highest BCUT2D eigenvalue weighted by molar-refractivity contribution is 8.16. The van der Waals surface area contributed by atoms with Crippen molar-refractivity contribution in [2.75, 3.05) is 0 Å². The molecule has 204 valence electrons. The number of halogens is 1. The normalized spacial score (nSPS) is 16.3. The summed E-state index contributed by atoms with van der Waals surface area (Å²) in [5.74, 6) is -0.942. The second-order valence-electron chi connectivity index (χ2n) is 9.89. The smallest absolute Gasteiger partial charge is 0.338 e. The van der Waals surface area contributed by atoms with Gasteiger partial charge in [0.2, 0.25) is 5.91 Å². The summed E-state index contributed by atoms with van der Waals surface area (Å²) < 4.78 is 19.0. The van der Waals surface area contributed by atoms with Crippen LogP contribution in [-0.4, -0.2) is 21.9 Å². The maximum absolute atomic E-state index is 13.7. The summed E-state index contributed by atoms with van der Waals surface area (Å²) in [5, 5.41) is 5.54. The summed E-state index contributed by atoms with van der Waals surface area (Å²) in [6, 6.07) is 21.3. The van der Waals surface area contributed by atoms with Crippen molar-refractivity contribution in [3.63, 3.8) is 0 Å². The Balaban J connectivity index is 1.42. The summed E-state index contributed by atoms with van der Waals surface area (Å²) in [4.78, 5) is 33.4. The molecule has 0 aromatic heterocycles. The second-order valence-corrected chi connectivity index (χ2v) is 10.7. The highest BCUT2D eigenvalue weighted by atomic mass is 32.2. The van der Waals surface area contributed by atoms with Crippen molar-refractivity contribution in [2.45, 2.75) is 46.4 Å². The molecular weight excluding hydrogens is 525 g/mol. The number of hydrogen-bond donors (Lipinski definition) is 1. The first-order valence-electron chi connectivity index (χ1n) is 13.0. The Labute approximate surface area is 237 Å². The van der Waals surface area contributed by atoms with Gasteiger partial charge in [-0.2, -0.15) is 0 Å². The number of amidine groups is 1. The number of aryl methyl sites for hydroxylation is 2. The maximum Gasteiger partial charge on any atom is 0.338 e. The average Bonchev–Trinajstić information content (AvgIpc) is 3.34. The summed E-state index contributed by atoms with van der Waals surface area (Å²) >= 11 is 1.43. The van der Waals surface area contributed by atoms with Gasteiger partial charge in [-0.05, 0) is 60.6 Å². The van der Waals surface area contributed by atoms with Gasteiger partial charge in [-0.3, -0.25) is 4.79 Å². The number of nitrogens with zero attached hydrogens (tertiary/aromatic N) is 2. The molecule has 6 nitrogen and oxygen atoms in total. The van der Waals surface area contributed by atoms with Crippen molar-refractivity contribution in [1.82, 2.24) is 10.2 Å². The molecule has 2 heterocycles. The third kappa shape index (κ3) is 6.02. The zero-order chi connectivity index (χ0) is 28.2. The van der Waals surface area contributed by atoms with E-state index in [0.717, 1.165) is 33.5 Å². The molecule has 0 fully saturated rings. The van der Waals surface area contributed by atoms with E-state index in [9.17, 15) is 14.0 Å². The minimum atomic E-state index is -0.498. The highest BCUT2D eigenvalue weighted by Gasteiger charge is 2.41. The van der Waals surface area contributed by atoms with Gasteiger partial charge < -0.3 is 15.0 Å². The zero-order valence-electron chi connectivity index (χ0n) is 22.6. The van der Waals surface area contributed by atoms with Gasteiger partial charge in [0.15, 0.2) is 5.17 Å². The quantitative estimate of drug-likeness (QED) is 0.323. The number of aliphatic imine (C=N–C) groups is 1. The number of carbonyl (C=O) groups excluding carboxylic acids is 2. The minimum absolute atomic E-state index is 0.0972. The predicted molar refractivity (Wildman–Crippen MR) is 155 cm³/mol. The van der Waals surface area contributed by atoms with Gasteiger partial charge >= 0.3 is 5.97 Å². The van der Waals surface area contributed by atoms with Crippen LogP contribution in [0.1, 0.15) is 47.2 Å². The zero-order valence-corrected chi connectivity index (χ0v) is 23.4. The van der Waals surface area contributed by atoms with Crippen LogP contribution in [0, 0.1) is 19.7 Å². The Kier molecular flexibility index (Phi) is 8.16. The Bertz CT molecular complexity index is 1530. The first-order chi connectivity index (χ1) is 19.3. The van der Waals surface area contributed by atoms with Crippen LogP contribution in [-0.2, 0) is 27.5 Å². The largest absolute Gasteiger partial charge is 0.457 e. The highest BCUT2D eigenvalue weighted by Crippen LogP contribution is 2.45. The Morgan fingerprint density at radius 2 is 1.75 bits per heavy atom. The van der Waals surface area contributed by atoms with Crippen molar-refractivity contribution in [3.05, 3.63) is 129 Å². The number of amides is 1. The average molecular weight is 556 g/mol. The summed E-state index contributed by atoms with van der Waals surface area (Å²) in [5.41, 5.74) is 6.54. The van der Waals surface area contributed by atoms with Crippen molar-refractivity contribution < 1.29 is 18.7 Å². The molecule has 5 rings (SSSR count). The number of ether oxygens (including phenoxy) is 1. The van der Waals surface area contributed by atoms with E-state index >= 15 is 0 Å². The predicted octanol–water partition coefficient (Wildman–Crippen LogP) is 6.47. The van der Waals surface area contributed by atoms with Gasteiger partial charge in [0.25, 0.3) is 0 Å². The van der Waals surface area contributed by atoms with Gasteiger partial charge in [0.05, 0.1) is 23.7 Å². The molecule has 3 aromatic carbocycles. The van der Waals surface area contributed by atoms with Crippen LogP contribution >= 0.6 is 11.8 Å². The van der Waals surface area contributed by atoms with E-state index in [2.05, 4.69) is 11.4 Å². The number of allylic oxidation sites excluding steroid dienone is 1. The lowest BCUT2D eigenvalue weighted by Crippen LogP contribution is -2.38. The van der Waals surface area contributed by atoms with E-state index in [4.69, 9.17) is 9.73 Å². The Hall–Kier alpha value is -4.17. The van der Waals surface area contributed by atoms with Gasteiger partial charge in [0, 0.05) is 12.2 Å². The number of nitrogens with one attached hydrogen (secondary N) is 1. The molecule has 3 aromatic rings. The third-order valence-electron chi connectivity index (χ3n) is 6.91. The number of esters is 1. The molecule has 0 bridgehead atoms. The number of benzene rings is 3. The molecule has 1 atom stereocenters. The lowest BCUT2D eigenvalue weighted by atomic mass is 9.90. The number of hydrogen-bond acceptors (Lipinski definition) is 6. The molecule has 0 unspecified atom stereocenters. The van der Waals surface area contributed by atoms with Crippen molar-refractivity contribution in [2.24, 2.45) is 4.99 Å². The summed E-state index contributed by atoms with van der Waals surface area (Å²) in [7, 11) is 0. The molecule has 0 saturated carbocycles. The summed E-state index contributed by atoms with van der Waals surface area (Å²) in [6.07, 6.45) is 0.0972. The molecule has 1 amide bonds. The SMILES string of the molecule is CC1=C(C(=O)OCc2ccccc2)[C@@H](c2cc(C)ccc2C)N2C(CC(=O)NCc3ccc(F)cc3)=CSC2=N1. The Morgan fingerprint density at radius 1 is 1.00 bits per heavy atom. The molecule has 0 radical (unpaired) electrons. The van der Waals surface area contributed by atoms with E-state index in [0.29, 0.717) is 16.4 Å². The first kappa shape index (κ1) is 27.4. The first-order valence-corrected chi connectivity index (χ1v) is 13.9. The number of rotatable bonds is 8. The number of fused-ring (bicyclic) bond motifs is 1. The number of carbonyl (C=O) groups is 2. The van der Waals surface area contributed by atoms with Crippen LogP contribution in [0.25, 0.3) is 0 Å². The lowest BCUT2D eigenvalue weighted by molar-refractivity contribution is -0.141. The van der Waals surface area contributed by atoms with Crippen LogP contribution in [0.15, 0.2) is 100 Å². The fourth-order valence-electron chi connectivity index (χ4n) is 4.81. The molecular formula is C32H30FN3O3S.